The number of benzene rings is 13. The molecular formula is C66H42. The van der Waals surface area contributed by atoms with E-state index < -0.39 is 0 Å². The molecule has 0 saturated heterocycles. The third-order valence-electron chi connectivity index (χ3n) is 13.8. The average Bonchev–Trinajstić information content (AvgIpc) is 3.38. The second-order valence-corrected chi connectivity index (χ2v) is 17.6. The third-order valence-corrected chi connectivity index (χ3v) is 13.8. The largest absolute Gasteiger partial charge is 0.0616 e. The van der Waals surface area contributed by atoms with Crippen molar-refractivity contribution < 1.29 is 0 Å². The smallest absolute Gasteiger partial charge is 0.00259 e. The highest BCUT2D eigenvalue weighted by molar-refractivity contribution is 6.23. The first-order chi connectivity index (χ1) is 32.7. The molecule has 66 heavy (non-hydrogen) atoms. The van der Waals surface area contributed by atoms with Crippen LogP contribution in [-0.2, 0) is 0 Å². The van der Waals surface area contributed by atoms with Gasteiger partial charge >= 0.3 is 0 Å². The van der Waals surface area contributed by atoms with E-state index in [1.807, 2.05) is 0 Å². The van der Waals surface area contributed by atoms with Gasteiger partial charge in [-0.1, -0.05) is 231 Å². The zero-order chi connectivity index (χ0) is 43.6. The van der Waals surface area contributed by atoms with Crippen molar-refractivity contribution in [2.45, 2.75) is 0 Å². The molecule has 0 fully saturated rings. The summed E-state index contributed by atoms with van der Waals surface area (Å²) in [7, 11) is 0. The van der Waals surface area contributed by atoms with Crippen molar-refractivity contribution in [3.05, 3.63) is 254 Å². The molecule has 13 rings (SSSR count). The second kappa shape index (κ2) is 15.6. The molecule has 0 N–H and O–H groups in total. The van der Waals surface area contributed by atoms with Gasteiger partial charge in [-0.05, 0) is 155 Å². The third kappa shape index (κ3) is 6.38. The molecule has 13 aromatic carbocycles. The fraction of sp³-hybridized carbons (Fsp3) is 0. The van der Waals surface area contributed by atoms with Gasteiger partial charge in [0.05, 0.1) is 0 Å². The summed E-state index contributed by atoms with van der Waals surface area (Å²) < 4.78 is 0. The van der Waals surface area contributed by atoms with Crippen LogP contribution in [0.2, 0.25) is 0 Å². The van der Waals surface area contributed by atoms with Gasteiger partial charge in [0.15, 0.2) is 0 Å². The van der Waals surface area contributed by atoms with Crippen molar-refractivity contribution in [2.75, 3.05) is 0 Å². The zero-order valence-corrected chi connectivity index (χ0v) is 36.2. The molecular weight excluding hydrogens is 793 g/mol. The normalized spacial score (nSPS) is 11.9. The van der Waals surface area contributed by atoms with E-state index in [1.165, 1.54) is 125 Å². The van der Waals surface area contributed by atoms with Crippen LogP contribution in [0.3, 0.4) is 0 Å². The van der Waals surface area contributed by atoms with E-state index in [4.69, 9.17) is 0 Å². The first-order valence-corrected chi connectivity index (χ1v) is 22.9. The Labute approximate surface area is 384 Å². The van der Waals surface area contributed by atoms with Gasteiger partial charge in [0.1, 0.15) is 0 Å². The van der Waals surface area contributed by atoms with Gasteiger partial charge in [0.25, 0.3) is 0 Å². The second-order valence-electron chi connectivity index (χ2n) is 17.6. The molecule has 0 aliphatic carbocycles. The molecule has 0 atom stereocenters. The Hall–Kier alpha value is -8.58. The van der Waals surface area contributed by atoms with Crippen LogP contribution in [0.25, 0.3) is 132 Å². The van der Waals surface area contributed by atoms with E-state index in [0.29, 0.717) is 0 Å². The molecule has 0 aliphatic rings. The van der Waals surface area contributed by atoms with Crippen molar-refractivity contribution in [2.24, 2.45) is 0 Å². The van der Waals surface area contributed by atoms with Crippen LogP contribution in [0.4, 0.5) is 0 Å². The van der Waals surface area contributed by atoms with Gasteiger partial charge in [0.2, 0.25) is 0 Å². The molecule has 0 saturated carbocycles. The predicted molar refractivity (Wildman–Crippen MR) is 286 cm³/mol. The highest BCUT2D eigenvalue weighted by atomic mass is 14.2. The van der Waals surface area contributed by atoms with Crippen LogP contribution in [0.15, 0.2) is 243 Å². The molecule has 0 spiro atoms. The number of fused-ring (bicyclic) bond motifs is 7. The minimum atomic E-state index is 1.16. The van der Waals surface area contributed by atoms with E-state index in [1.54, 1.807) is 0 Å². The molecule has 0 radical (unpaired) electrons. The lowest BCUT2D eigenvalue weighted by molar-refractivity contribution is 1.63. The summed E-state index contributed by atoms with van der Waals surface area (Å²) in [6, 6.07) is 89.6. The molecule has 0 aromatic heterocycles. The first-order valence-electron chi connectivity index (χ1n) is 22.9. The number of hydrogen-bond acceptors (Lipinski definition) is 0. The summed E-state index contributed by atoms with van der Waals surface area (Å²) in [5.41, 5.74) is 12.3. The molecule has 0 unspecified atom stereocenters. The Morgan fingerprint density at radius 1 is 0.197 bits per heavy atom. The summed E-state index contributed by atoms with van der Waals surface area (Å²) in [6.45, 7) is 0. The maximum absolute atomic E-state index is 2.42. The first kappa shape index (κ1) is 37.9. The maximum Gasteiger partial charge on any atom is -0.00259 e. The average molecular weight is 835 g/mol. The van der Waals surface area contributed by atoms with Crippen LogP contribution in [-0.4, -0.2) is 0 Å². The van der Waals surface area contributed by atoms with E-state index >= 15 is 0 Å². The van der Waals surface area contributed by atoms with Gasteiger partial charge in [-0.15, -0.1) is 0 Å². The monoisotopic (exact) mass is 834 g/mol. The summed E-state index contributed by atoms with van der Waals surface area (Å²) in [6.07, 6.45) is 4.67. The molecule has 0 heteroatoms. The van der Waals surface area contributed by atoms with E-state index in [0.717, 1.165) is 5.56 Å². The van der Waals surface area contributed by atoms with Gasteiger partial charge in [-0.2, -0.15) is 0 Å². The summed E-state index contributed by atoms with van der Waals surface area (Å²) >= 11 is 0. The van der Waals surface area contributed by atoms with E-state index in [9.17, 15) is 0 Å². The quantitative estimate of drug-likeness (QED) is 0.116. The number of rotatable bonds is 6. The summed E-state index contributed by atoms with van der Waals surface area (Å²) in [5, 5.41) is 17.5. The molecule has 306 valence electrons. The minimum absolute atomic E-state index is 1.16. The summed E-state index contributed by atoms with van der Waals surface area (Å²) in [4.78, 5) is 0. The molecule has 0 aliphatic heterocycles. The van der Waals surface area contributed by atoms with Crippen molar-refractivity contribution in [3.63, 3.8) is 0 Å². The topological polar surface area (TPSA) is 0 Å². The molecule has 0 heterocycles. The Morgan fingerprint density at radius 2 is 0.545 bits per heavy atom. The summed E-state index contributed by atoms with van der Waals surface area (Å²) in [5.74, 6) is 0. The predicted octanol–water partition coefficient (Wildman–Crippen LogP) is 18.6. The van der Waals surface area contributed by atoms with Crippen LogP contribution in [0.5, 0.6) is 0 Å². The van der Waals surface area contributed by atoms with Gasteiger partial charge in [-0.25, -0.2) is 0 Å². The molecule has 0 bridgehead atoms. The standard InChI is InChI=1S/C66H42/c1-4-16-49-40-52(34-29-44(49)13-1)47-27-32-48(33-28-47)64-58-21-9-7-19-55(58)57(56-20-8-10-22-59(56)64)37-25-43-26-38-62-63(39-43)66(54-36-31-46-15-3-6-18-51(46)42-54)61-24-12-11-23-60(61)65(62)53-35-30-45-14-2-5-17-50(45)41-53/h1-42H/b37-25+. The Balaban J connectivity index is 0.981. The van der Waals surface area contributed by atoms with Crippen LogP contribution < -0.4 is 0 Å². The van der Waals surface area contributed by atoms with Crippen molar-refractivity contribution >= 4 is 87.6 Å². The maximum atomic E-state index is 2.42. The van der Waals surface area contributed by atoms with E-state index in [-0.39, 0.29) is 0 Å². The Bertz CT molecular complexity index is 4040. The minimum Gasteiger partial charge on any atom is -0.0616 e. The lowest BCUT2D eigenvalue weighted by Gasteiger charge is -2.19. The Morgan fingerprint density at radius 3 is 1.06 bits per heavy atom. The zero-order valence-electron chi connectivity index (χ0n) is 36.2. The fourth-order valence-corrected chi connectivity index (χ4v) is 10.6. The van der Waals surface area contributed by atoms with Crippen molar-refractivity contribution in [1.29, 1.82) is 0 Å². The Kier molecular flexibility index (Phi) is 8.96. The fourth-order valence-electron chi connectivity index (χ4n) is 10.6. The van der Waals surface area contributed by atoms with Crippen LogP contribution in [0, 0.1) is 0 Å². The molecule has 0 nitrogen and oxygen atoms in total. The lowest BCUT2D eigenvalue weighted by atomic mass is 9.84. The van der Waals surface area contributed by atoms with Crippen LogP contribution >= 0.6 is 0 Å². The molecule has 13 aromatic rings. The van der Waals surface area contributed by atoms with Gasteiger partial charge < -0.3 is 0 Å². The number of hydrogen-bond donors (Lipinski definition) is 0. The lowest BCUT2D eigenvalue weighted by Crippen LogP contribution is -1.92. The van der Waals surface area contributed by atoms with Gasteiger partial charge in [-0.3, -0.25) is 0 Å². The van der Waals surface area contributed by atoms with Crippen molar-refractivity contribution in [3.8, 4) is 44.5 Å². The SMILES string of the molecule is C(=C\c1c2ccccc2c(-c2ccc(-c3ccc4ccccc4c3)cc2)c2ccccc12)/c1ccc2c(-c3ccc4ccccc4c3)c3ccccc3c(-c3ccc4ccccc4c3)c2c1. The van der Waals surface area contributed by atoms with Gasteiger partial charge in [0, 0.05) is 0 Å². The highest BCUT2D eigenvalue weighted by Crippen LogP contribution is 2.46. The van der Waals surface area contributed by atoms with E-state index in [2.05, 4.69) is 255 Å². The van der Waals surface area contributed by atoms with Crippen molar-refractivity contribution in [1.82, 2.24) is 0 Å². The molecule has 0 amide bonds. The highest BCUT2D eigenvalue weighted by Gasteiger charge is 2.19. The van der Waals surface area contributed by atoms with Crippen LogP contribution in [0.1, 0.15) is 11.1 Å².